The molecule has 1 amide bonds. The van der Waals surface area contributed by atoms with Gasteiger partial charge in [-0.05, 0) is 66.5 Å². The van der Waals surface area contributed by atoms with Crippen LogP contribution < -0.4 is 5.32 Å². The summed E-state index contributed by atoms with van der Waals surface area (Å²) in [6.45, 7) is 0.607. The predicted octanol–water partition coefficient (Wildman–Crippen LogP) is 6.23. The van der Waals surface area contributed by atoms with E-state index in [0.29, 0.717) is 12.2 Å². The Labute approximate surface area is 201 Å². The van der Waals surface area contributed by atoms with Crippen LogP contribution in [0.25, 0.3) is 11.3 Å². The summed E-state index contributed by atoms with van der Waals surface area (Å²) in [5.74, 6) is 1.55. The molecule has 1 aromatic heterocycles. The van der Waals surface area contributed by atoms with Crippen LogP contribution >= 0.6 is 27.5 Å². The van der Waals surface area contributed by atoms with Gasteiger partial charge in [0.15, 0.2) is 5.69 Å². The van der Waals surface area contributed by atoms with Crippen LogP contribution in [0.4, 0.5) is 0 Å². The first-order valence-corrected chi connectivity index (χ1v) is 12.6. The second kappa shape index (κ2) is 8.03. The van der Waals surface area contributed by atoms with Crippen LogP contribution in [-0.4, -0.2) is 21.7 Å². The summed E-state index contributed by atoms with van der Waals surface area (Å²) < 4.78 is 3.06. The molecule has 6 rings (SSSR count). The van der Waals surface area contributed by atoms with Crippen LogP contribution in [-0.2, 0) is 13.0 Å². The fraction of sp³-hybridized carbons (Fsp3) is 0.385. The quantitative estimate of drug-likeness (QED) is 0.354. The Kier molecular flexibility index (Phi) is 5.14. The van der Waals surface area contributed by atoms with Gasteiger partial charge in [-0.25, -0.2) is 0 Å². The fourth-order valence-electron chi connectivity index (χ4n) is 6.04. The number of nitrogens with one attached hydrogen (secondary N) is 1. The summed E-state index contributed by atoms with van der Waals surface area (Å²) in [4.78, 5) is 13.4. The molecule has 4 nitrogen and oxygen atoms in total. The van der Waals surface area contributed by atoms with Gasteiger partial charge in [0.25, 0.3) is 5.91 Å². The van der Waals surface area contributed by atoms with E-state index in [1.165, 1.54) is 30.4 Å². The Bertz CT molecular complexity index is 1190. The molecule has 32 heavy (non-hydrogen) atoms. The Balaban J connectivity index is 1.34. The summed E-state index contributed by atoms with van der Waals surface area (Å²) in [6, 6.07) is 14.5. The molecule has 0 saturated heterocycles. The molecule has 0 spiro atoms. The Morgan fingerprint density at radius 1 is 1.09 bits per heavy atom. The second-order valence-electron chi connectivity index (χ2n) is 9.63. The van der Waals surface area contributed by atoms with Gasteiger partial charge < -0.3 is 5.32 Å². The first-order chi connectivity index (χ1) is 15.5. The van der Waals surface area contributed by atoms with Crippen LogP contribution in [0.3, 0.4) is 0 Å². The lowest BCUT2D eigenvalue weighted by atomic mass is 9.85. The number of carbonyl (C=O) groups is 1. The van der Waals surface area contributed by atoms with E-state index in [2.05, 4.69) is 39.4 Å². The Morgan fingerprint density at radius 3 is 2.59 bits per heavy atom. The van der Waals surface area contributed by atoms with Crippen molar-refractivity contribution in [1.82, 2.24) is 15.1 Å². The zero-order valence-electron chi connectivity index (χ0n) is 17.8. The summed E-state index contributed by atoms with van der Waals surface area (Å²) in [6.07, 6.45) is 6.97. The molecule has 1 heterocycles. The van der Waals surface area contributed by atoms with Crippen molar-refractivity contribution < 1.29 is 4.79 Å². The van der Waals surface area contributed by atoms with Gasteiger partial charge in [0, 0.05) is 33.1 Å². The van der Waals surface area contributed by atoms with Crippen molar-refractivity contribution in [3.05, 3.63) is 74.3 Å². The summed E-state index contributed by atoms with van der Waals surface area (Å²) >= 11 is 9.67. The van der Waals surface area contributed by atoms with Crippen molar-refractivity contribution in [1.29, 1.82) is 0 Å². The standard InChI is InChI=1S/C26H25BrClN3O/c27-19-5-8-22-18(12-19)13-23-24(26(32)29-21-10-16-1-2-17(9-16)11-21)30-31(25(22)23)14-15-3-6-20(28)7-4-15/h3-8,12,16-17,21H,1-2,9-11,13-14H2,(H,29,32). The maximum Gasteiger partial charge on any atom is 0.272 e. The van der Waals surface area contributed by atoms with Crippen molar-refractivity contribution in [3.8, 4) is 11.3 Å². The summed E-state index contributed by atoms with van der Waals surface area (Å²) in [5, 5.41) is 8.92. The highest BCUT2D eigenvalue weighted by molar-refractivity contribution is 9.10. The van der Waals surface area contributed by atoms with Crippen LogP contribution in [0.15, 0.2) is 46.9 Å². The average Bonchev–Trinajstić information content (AvgIpc) is 3.41. The fourth-order valence-corrected chi connectivity index (χ4v) is 6.57. The van der Waals surface area contributed by atoms with E-state index in [9.17, 15) is 4.79 Å². The lowest BCUT2D eigenvalue weighted by molar-refractivity contribution is 0.0911. The molecule has 3 aliphatic rings. The highest BCUT2D eigenvalue weighted by Crippen LogP contribution is 2.43. The number of hydrogen-bond donors (Lipinski definition) is 1. The van der Waals surface area contributed by atoms with E-state index in [1.807, 2.05) is 28.9 Å². The van der Waals surface area contributed by atoms with E-state index in [0.717, 1.165) is 57.4 Å². The van der Waals surface area contributed by atoms with E-state index in [4.69, 9.17) is 16.7 Å². The van der Waals surface area contributed by atoms with Gasteiger partial charge in [-0.1, -0.05) is 58.6 Å². The van der Waals surface area contributed by atoms with E-state index < -0.39 is 0 Å². The van der Waals surface area contributed by atoms with Gasteiger partial charge in [0.2, 0.25) is 0 Å². The van der Waals surface area contributed by atoms with Gasteiger partial charge in [0.1, 0.15) is 0 Å². The van der Waals surface area contributed by atoms with Gasteiger partial charge in [-0.3, -0.25) is 9.48 Å². The number of rotatable bonds is 4. The van der Waals surface area contributed by atoms with Gasteiger partial charge >= 0.3 is 0 Å². The third-order valence-electron chi connectivity index (χ3n) is 7.42. The van der Waals surface area contributed by atoms with Crippen LogP contribution in [0, 0.1) is 11.8 Å². The van der Waals surface area contributed by atoms with Crippen LogP contribution in [0.1, 0.15) is 59.3 Å². The molecule has 2 atom stereocenters. The number of nitrogens with zero attached hydrogens (tertiary/aromatic N) is 2. The first-order valence-electron chi connectivity index (χ1n) is 11.5. The van der Waals surface area contributed by atoms with E-state index in [-0.39, 0.29) is 11.9 Å². The minimum atomic E-state index is -0.0192. The number of fused-ring (bicyclic) bond motifs is 5. The highest BCUT2D eigenvalue weighted by atomic mass is 79.9. The lowest BCUT2D eigenvalue weighted by Crippen LogP contribution is -2.39. The SMILES string of the molecule is O=C(NC1CC2CCC(C2)C1)c1nn(Cc2ccc(Cl)cc2)c2c1Cc1cc(Br)ccc1-2. The number of carbonyl (C=O) groups excluding carboxylic acids is 1. The topological polar surface area (TPSA) is 46.9 Å². The smallest absolute Gasteiger partial charge is 0.272 e. The molecular weight excluding hydrogens is 486 g/mol. The van der Waals surface area contributed by atoms with Crippen LogP contribution in [0.2, 0.25) is 5.02 Å². The van der Waals surface area contributed by atoms with Crippen molar-refractivity contribution in [2.45, 2.75) is 51.1 Å². The molecule has 2 saturated carbocycles. The van der Waals surface area contributed by atoms with Crippen molar-refractivity contribution in [2.24, 2.45) is 11.8 Å². The van der Waals surface area contributed by atoms with E-state index >= 15 is 0 Å². The average molecular weight is 511 g/mol. The second-order valence-corrected chi connectivity index (χ2v) is 11.0. The number of halogens is 2. The van der Waals surface area contributed by atoms with Crippen LogP contribution in [0.5, 0.6) is 0 Å². The van der Waals surface area contributed by atoms with Crippen molar-refractivity contribution in [2.75, 3.05) is 0 Å². The molecule has 3 aliphatic carbocycles. The monoisotopic (exact) mass is 509 g/mol. The molecule has 2 bridgehead atoms. The van der Waals surface area contributed by atoms with Gasteiger partial charge in [0.05, 0.1) is 12.2 Å². The molecule has 2 aromatic carbocycles. The van der Waals surface area contributed by atoms with Gasteiger partial charge in [-0.15, -0.1) is 0 Å². The lowest BCUT2D eigenvalue weighted by Gasteiger charge is -2.28. The summed E-state index contributed by atoms with van der Waals surface area (Å²) in [5.41, 5.74) is 6.21. The summed E-state index contributed by atoms with van der Waals surface area (Å²) in [7, 11) is 0. The Morgan fingerprint density at radius 2 is 1.84 bits per heavy atom. The minimum Gasteiger partial charge on any atom is -0.348 e. The largest absolute Gasteiger partial charge is 0.348 e. The molecule has 1 N–H and O–H groups in total. The number of amides is 1. The maximum absolute atomic E-state index is 13.4. The number of hydrogen-bond acceptors (Lipinski definition) is 2. The number of aromatic nitrogens is 2. The molecule has 0 radical (unpaired) electrons. The molecule has 0 aliphatic heterocycles. The molecule has 3 aromatic rings. The molecular formula is C26H25BrClN3O. The zero-order chi connectivity index (χ0) is 21.8. The maximum atomic E-state index is 13.4. The predicted molar refractivity (Wildman–Crippen MR) is 130 cm³/mol. The molecule has 2 unspecified atom stereocenters. The minimum absolute atomic E-state index is 0.0192. The molecule has 6 heteroatoms. The third kappa shape index (κ3) is 3.69. The third-order valence-corrected chi connectivity index (χ3v) is 8.17. The van der Waals surface area contributed by atoms with Gasteiger partial charge in [-0.2, -0.15) is 5.10 Å². The van der Waals surface area contributed by atoms with E-state index in [1.54, 1.807) is 0 Å². The first kappa shape index (κ1) is 20.5. The Hall–Kier alpha value is -2.11. The molecule has 2 fully saturated rings. The highest BCUT2D eigenvalue weighted by Gasteiger charge is 2.36. The number of benzene rings is 2. The zero-order valence-corrected chi connectivity index (χ0v) is 20.1. The van der Waals surface area contributed by atoms with Crippen molar-refractivity contribution in [3.63, 3.8) is 0 Å². The normalized spacial score (nSPS) is 23.1. The molecule has 164 valence electrons. The van der Waals surface area contributed by atoms with Crippen molar-refractivity contribution >= 4 is 33.4 Å².